The molecule has 0 saturated heterocycles. The van der Waals surface area contributed by atoms with Gasteiger partial charge in [0.1, 0.15) is 18.1 Å². The molecule has 0 aliphatic heterocycles. The van der Waals surface area contributed by atoms with Gasteiger partial charge in [-0.3, -0.25) is 0 Å². The van der Waals surface area contributed by atoms with Crippen molar-refractivity contribution in [3.8, 4) is 11.5 Å². The molecule has 0 atom stereocenters. The summed E-state index contributed by atoms with van der Waals surface area (Å²) >= 11 is 3.39. The van der Waals surface area contributed by atoms with Gasteiger partial charge in [-0.1, -0.05) is 13.8 Å². The number of likely N-dealkylation sites (N-methyl/N-ethyl adjacent to an activating group) is 1. The van der Waals surface area contributed by atoms with Gasteiger partial charge >= 0.3 is 0 Å². The largest absolute Gasteiger partial charge is 0.495 e. The summed E-state index contributed by atoms with van der Waals surface area (Å²) < 4.78 is 11.8. The molecule has 18 heavy (non-hydrogen) atoms. The monoisotopic (exact) mass is 316 g/mol. The summed E-state index contributed by atoms with van der Waals surface area (Å²) in [6, 6.07) is 3.60. The molecule has 5 heteroatoms. The van der Waals surface area contributed by atoms with E-state index in [1.54, 1.807) is 13.2 Å². The van der Waals surface area contributed by atoms with E-state index in [-0.39, 0.29) is 0 Å². The number of hydrogen-bond donors (Lipinski definition) is 1. The number of rotatable bonds is 7. The quantitative estimate of drug-likeness (QED) is 0.786. The summed E-state index contributed by atoms with van der Waals surface area (Å²) in [5, 5.41) is 0. The fraction of sp³-hybridized carbons (Fsp3) is 0.538. The van der Waals surface area contributed by atoms with Crippen LogP contribution in [0.15, 0.2) is 16.6 Å². The maximum atomic E-state index is 5.90. The molecule has 0 bridgehead atoms. The molecule has 4 nitrogen and oxygen atoms in total. The highest BCUT2D eigenvalue weighted by Crippen LogP contribution is 2.34. The number of nitrogen functional groups attached to an aromatic ring is 1. The standard InChI is InChI=1S/C13H21BrN2O2/c1-4-16(5-2)6-7-18-13-9-12(17-3)10(14)8-11(13)15/h8-9H,4-7,15H2,1-3H3. The highest BCUT2D eigenvalue weighted by atomic mass is 79.9. The lowest BCUT2D eigenvalue weighted by Gasteiger charge is -2.18. The second kappa shape index (κ2) is 7.48. The summed E-state index contributed by atoms with van der Waals surface area (Å²) in [4.78, 5) is 2.30. The SMILES string of the molecule is CCN(CC)CCOc1cc(OC)c(Br)cc1N. The summed E-state index contributed by atoms with van der Waals surface area (Å²) in [6.45, 7) is 7.85. The van der Waals surface area contributed by atoms with Crippen LogP contribution in [-0.2, 0) is 0 Å². The molecule has 1 rings (SSSR count). The number of benzene rings is 1. The number of anilines is 1. The molecule has 0 unspecified atom stereocenters. The third-order valence-electron chi connectivity index (χ3n) is 2.84. The van der Waals surface area contributed by atoms with Crippen LogP contribution in [0.4, 0.5) is 5.69 Å². The Morgan fingerprint density at radius 3 is 2.44 bits per heavy atom. The first kappa shape index (κ1) is 15.1. The first-order valence-electron chi connectivity index (χ1n) is 6.10. The topological polar surface area (TPSA) is 47.7 Å². The van der Waals surface area contributed by atoms with Gasteiger partial charge in [0.05, 0.1) is 17.3 Å². The average molecular weight is 317 g/mol. The molecule has 102 valence electrons. The smallest absolute Gasteiger partial charge is 0.146 e. The number of hydrogen-bond acceptors (Lipinski definition) is 4. The molecular weight excluding hydrogens is 296 g/mol. The first-order chi connectivity index (χ1) is 8.62. The van der Waals surface area contributed by atoms with E-state index >= 15 is 0 Å². The fourth-order valence-corrected chi connectivity index (χ4v) is 2.18. The van der Waals surface area contributed by atoms with Crippen molar-refractivity contribution in [2.75, 3.05) is 39.1 Å². The van der Waals surface area contributed by atoms with Crippen molar-refractivity contribution >= 4 is 21.6 Å². The Labute approximate surface area is 117 Å². The van der Waals surface area contributed by atoms with Gasteiger partial charge in [0.25, 0.3) is 0 Å². The Morgan fingerprint density at radius 2 is 1.89 bits per heavy atom. The van der Waals surface area contributed by atoms with E-state index in [1.807, 2.05) is 6.07 Å². The summed E-state index contributed by atoms with van der Waals surface area (Å²) in [7, 11) is 1.62. The predicted octanol–water partition coefficient (Wildman–Crippen LogP) is 2.76. The molecule has 0 fully saturated rings. The minimum atomic E-state index is 0.613. The van der Waals surface area contributed by atoms with Gasteiger partial charge < -0.3 is 20.1 Å². The molecule has 0 radical (unpaired) electrons. The molecule has 0 aliphatic rings. The highest BCUT2D eigenvalue weighted by molar-refractivity contribution is 9.10. The van der Waals surface area contributed by atoms with Crippen molar-refractivity contribution < 1.29 is 9.47 Å². The predicted molar refractivity (Wildman–Crippen MR) is 78.4 cm³/mol. The van der Waals surface area contributed by atoms with E-state index in [4.69, 9.17) is 15.2 Å². The Balaban J connectivity index is 2.61. The molecule has 0 saturated carbocycles. The maximum absolute atomic E-state index is 5.90. The van der Waals surface area contributed by atoms with E-state index in [0.29, 0.717) is 18.0 Å². The molecule has 0 amide bonds. The third kappa shape index (κ3) is 4.07. The minimum absolute atomic E-state index is 0.613. The van der Waals surface area contributed by atoms with Gasteiger partial charge in [0.2, 0.25) is 0 Å². The number of nitrogens with zero attached hydrogens (tertiary/aromatic N) is 1. The number of halogens is 1. The van der Waals surface area contributed by atoms with Crippen LogP contribution in [0.5, 0.6) is 11.5 Å². The van der Waals surface area contributed by atoms with Crippen LogP contribution in [0.1, 0.15) is 13.8 Å². The normalized spacial score (nSPS) is 10.7. The van der Waals surface area contributed by atoms with Crippen LogP contribution >= 0.6 is 15.9 Å². The van der Waals surface area contributed by atoms with Crippen LogP contribution in [0.3, 0.4) is 0 Å². The summed E-state index contributed by atoms with van der Waals surface area (Å²) in [5.41, 5.74) is 6.52. The first-order valence-corrected chi connectivity index (χ1v) is 6.89. The highest BCUT2D eigenvalue weighted by Gasteiger charge is 2.08. The molecule has 0 aromatic heterocycles. The van der Waals surface area contributed by atoms with Gasteiger partial charge in [0.15, 0.2) is 0 Å². The molecule has 1 aromatic carbocycles. The van der Waals surface area contributed by atoms with Crippen molar-refractivity contribution in [2.45, 2.75) is 13.8 Å². The van der Waals surface area contributed by atoms with Gasteiger partial charge in [-0.25, -0.2) is 0 Å². The van der Waals surface area contributed by atoms with Crippen molar-refractivity contribution in [3.63, 3.8) is 0 Å². The van der Waals surface area contributed by atoms with Crippen molar-refractivity contribution in [2.24, 2.45) is 0 Å². The molecule has 1 aromatic rings. The molecule has 0 spiro atoms. The van der Waals surface area contributed by atoms with Crippen LogP contribution < -0.4 is 15.2 Å². The van der Waals surface area contributed by atoms with E-state index in [0.717, 1.165) is 29.9 Å². The van der Waals surface area contributed by atoms with Gasteiger partial charge in [-0.2, -0.15) is 0 Å². The number of nitrogens with two attached hydrogens (primary N) is 1. The number of methoxy groups -OCH3 is 1. The van der Waals surface area contributed by atoms with Crippen LogP contribution in [0, 0.1) is 0 Å². The average Bonchev–Trinajstić information content (AvgIpc) is 2.37. The lowest BCUT2D eigenvalue weighted by Crippen LogP contribution is -2.28. The Morgan fingerprint density at radius 1 is 1.22 bits per heavy atom. The summed E-state index contributed by atoms with van der Waals surface area (Å²) in [6.07, 6.45) is 0. The zero-order valence-corrected chi connectivity index (χ0v) is 12.8. The minimum Gasteiger partial charge on any atom is -0.495 e. The zero-order chi connectivity index (χ0) is 13.5. The number of ether oxygens (including phenoxy) is 2. The van der Waals surface area contributed by atoms with Gasteiger partial charge in [-0.15, -0.1) is 0 Å². The maximum Gasteiger partial charge on any atom is 0.146 e. The van der Waals surface area contributed by atoms with Crippen molar-refractivity contribution in [1.29, 1.82) is 0 Å². The lowest BCUT2D eigenvalue weighted by atomic mass is 10.3. The molecule has 0 heterocycles. The van der Waals surface area contributed by atoms with Crippen LogP contribution in [0.25, 0.3) is 0 Å². The Hall–Kier alpha value is -0.940. The van der Waals surface area contributed by atoms with E-state index in [1.165, 1.54) is 0 Å². The van der Waals surface area contributed by atoms with Crippen molar-refractivity contribution in [3.05, 3.63) is 16.6 Å². The van der Waals surface area contributed by atoms with Gasteiger partial charge in [-0.05, 0) is 35.1 Å². The van der Waals surface area contributed by atoms with E-state index in [2.05, 4.69) is 34.7 Å². The molecular formula is C13H21BrN2O2. The lowest BCUT2D eigenvalue weighted by molar-refractivity contribution is 0.223. The van der Waals surface area contributed by atoms with E-state index in [9.17, 15) is 0 Å². The molecule has 2 N–H and O–H groups in total. The Bertz CT molecular complexity index is 381. The van der Waals surface area contributed by atoms with Gasteiger partial charge in [0, 0.05) is 12.6 Å². The Kier molecular flexibility index (Phi) is 6.29. The second-order valence-corrected chi connectivity index (χ2v) is 4.75. The van der Waals surface area contributed by atoms with Crippen LogP contribution in [0.2, 0.25) is 0 Å². The third-order valence-corrected chi connectivity index (χ3v) is 3.46. The van der Waals surface area contributed by atoms with Crippen LogP contribution in [-0.4, -0.2) is 38.3 Å². The second-order valence-electron chi connectivity index (χ2n) is 3.90. The zero-order valence-electron chi connectivity index (χ0n) is 11.2. The van der Waals surface area contributed by atoms with E-state index < -0.39 is 0 Å². The molecule has 0 aliphatic carbocycles. The summed E-state index contributed by atoms with van der Waals surface area (Å²) in [5.74, 6) is 1.39. The van der Waals surface area contributed by atoms with Crippen molar-refractivity contribution in [1.82, 2.24) is 4.90 Å². The fourth-order valence-electron chi connectivity index (χ4n) is 1.66.